The van der Waals surface area contributed by atoms with Crippen molar-refractivity contribution in [2.75, 3.05) is 0 Å². The molecule has 0 atom stereocenters. The van der Waals surface area contributed by atoms with Gasteiger partial charge in [-0.05, 0) is 12.8 Å². The number of hydrogen-bond donors (Lipinski definition) is 1. The maximum Gasteiger partial charge on any atom is 0.303 e. The van der Waals surface area contributed by atoms with Gasteiger partial charge in [0.25, 0.3) is 0 Å². The van der Waals surface area contributed by atoms with Gasteiger partial charge in [-0.15, -0.1) is 0 Å². The molecule has 0 bridgehead atoms. The van der Waals surface area contributed by atoms with Crippen molar-refractivity contribution in [1.82, 2.24) is 0 Å². The first-order valence-electron chi connectivity index (χ1n) is 5.84. The molecule has 3 nitrogen and oxygen atoms in total. The van der Waals surface area contributed by atoms with Crippen LogP contribution in [0.15, 0.2) is 0 Å². The van der Waals surface area contributed by atoms with Gasteiger partial charge in [0.2, 0.25) is 0 Å². The maximum absolute atomic E-state index is 10.0. The number of unbranched alkanes of at least 4 members (excludes halogenated alkanes) is 5. The molecule has 0 radical (unpaired) electrons. The van der Waals surface area contributed by atoms with Gasteiger partial charge in [0.15, 0.2) is 0 Å². The third kappa shape index (κ3) is 24.6. The van der Waals surface area contributed by atoms with E-state index in [0.717, 1.165) is 25.5 Å². The SMILES string of the molecule is CCCC=O.CCCCCCCC(=O)O. The van der Waals surface area contributed by atoms with E-state index in [4.69, 9.17) is 5.11 Å². The van der Waals surface area contributed by atoms with E-state index in [1.165, 1.54) is 19.3 Å². The molecule has 0 spiro atoms. The minimum atomic E-state index is -0.670. The Morgan fingerprint density at radius 1 is 1.07 bits per heavy atom. The van der Waals surface area contributed by atoms with Crippen molar-refractivity contribution in [3.8, 4) is 0 Å². The first-order valence-corrected chi connectivity index (χ1v) is 5.84. The van der Waals surface area contributed by atoms with Crippen LogP contribution in [-0.2, 0) is 9.59 Å². The number of carbonyl (C=O) groups excluding carboxylic acids is 1. The Labute approximate surface area is 92.9 Å². The van der Waals surface area contributed by atoms with Crippen LogP contribution < -0.4 is 0 Å². The predicted octanol–water partition coefficient (Wildman–Crippen LogP) is 3.42. The van der Waals surface area contributed by atoms with Crippen molar-refractivity contribution in [3.05, 3.63) is 0 Å². The second kappa shape index (κ2) is 15.6. The van der Waals surface area contributed by atoms with Crippen LogP contribution in [-0.4, -0.2) is 17.4 Å². The van der Waals surface area contributed by atoms with Gasteiger partial charge in [-0.2, -0.15) is 0 Å². The van der Waals surface area contributed by atoms with Gasteiger partial charge in [-0.1, -0.05) is 39.5 Å². The monoisotopic (exact) mass is 216 g/mol. The fourth-order valence-electron chi connectivity index (χ4n) is 0.998. The third-order valence-electron chi connectivity index (χ3n) is 1.90. The van der Waals surface area contributed by atoms with Crippen molar-refractivity contribution >= 4 is 12.3 Å². The highest BCUT2D eigenvalue weighted by Crippen LogP contribution is 2.04. The Kier molecular flexibility index (Phi) is 17.2. The van der Waals surface area contributed by atoms with Gasteiger partial charge in [0.1, 0.15) is 6.29 Å². The molecule has 0 aliphatic heterocycles. The molecule has 0 unspecified atom stereocenters. The van der Waals surface area contributed by atoms with E-state index in [0.29, 0.717) is 12.8 Å². The summed E-state index contributed by atoms with van der Waals surface area (Å²) in [5.74, 6) is -0.670. The highest BCUT2D eigenvalue weighted by molar-refractivity contribution is 5.66. The van der Waals surface area contributed by atoms with E-state index in [9.17, 15) is 9.59 Å². The molecule has 0 rings (SSSR count). The topological polar surface area (TPSA) is 54.4 Å². The zero-order valence-electron chi connectivity index (χ0n) is 10.00. The van der Waals surface area contributed by atoms with Crippen molar-refractivity contribution in [3.63, 3.8) is 0 Å². The lowest BCUT2D eigenvalue weighted by Gasteiger charge is -1.95. The largest absolute Gasteiger partial charge is 0.481 e. The quantitative estimate of drug-likeness (QED) is 0.499. The van der Waals surface area contributed by atoms with Gasteiger partial charge in [-0.3, -0.25) is 4.79 Å². The summed E-state index contributed by atoms with van der Waals surface area (Å²) in [5, 5.41) is 8.27. The summed E-state index contributed by atoms with van der Waals surface area (Å²) in [7, 11) is 0. The van der Waals surface area contributed by atoms with Gasteiger partial charge in [-0.25, -0.2) is 0 Å². The molecule has 0 aromatic rings. The van der Waals surface area contributed by atoms with Crippen molar-refractivity contribution < 1.29 is 14.7 Å². The Balaban J connectivity index is 0. The molecule has 0 saturated carbocycles. The van der Waals surface area contributed by atoms with Crippen LogP contribution >= 0.6 is 0 Å². The zero-order chi connectivity index (χ0) is 11.9. The Hall–Kier alpha value is -0.860. The molecule has 0 fully saturated rings. The van der Waals surface area contributed by atoms with E-state index in [1.54, 1.807) is 0 Å². The van der Waals surface area contributed by atoms with Gasteiger partial charge in [0.05, 0.1) is 0 Å². The molecular weight excluding hydrogens is 192 g/mol. The second-order valence-corrected chi connectivity index (χ2v) is 3.51. The lowest BCUT2D eigenvalue weighted by atomic mass is 10.1. The summed E-state index contributed by atoms with van der Waals surface area (Å²) in [6, 6.07) is 0. The molecule has 0 amide bonds. The number of aldehydes is 1. The minimum absolute atomic E-state index is 0.337. The average Bonchev–Trinajstić information content (AvgIpc) is 2.19. The molecule has 15 heavy (non-hydrogen) atoms. The summed E-state index contributed by atoms with van der Waals surface area (Å²) in [5.41, 5.74) is 0. The van der Waals surface area contributed by atoms with Crippen LogP contribution in [0.3, 0.4) is 0 Å². The van der Waals surface area contributed by atoms with E-state index in [-0.39, 0.29) is 0 Å². The average molecular weight is 216 g/mol. The van der Waals surface area contributed by atoms with Crippen LogP contribution in [0.5, 0.6) is 0 Å². The van der Waals surface area contributed by atoms with Crippen molar-refractivity contribution in [2.24, 2.45) is 0 Å². The van der Waals surface area contributed by atoms with Crippen LogP contribution in [0.25, 0.3) is 0 Å². The number of carboxylic acid groups (broad SMARTS) is 1. The van der Waals surface area contributed by atoms with Crippen molar-refractivity contribution in [1.29, 1.82) is 0 Å². The fourth-order valence-corrected chi connectivity index (χ4v) is 0.998. The lowest BCUT2D eigenvalue weighted by molar-refractivity contribution is -0.137. The zero-order valence-corrected chi connectivity index (χ0v) is 10.00. The summed E-state index contributed by atoms with van der Waals surface area (Å²) in [6.07, 6.45) is 8.50. The normalized spacial score (nSPS) is 8.93. The first-order chi connectivity index (χ1) is 7.18. The molecule has 0 aromatic carbocycles. The number of hydrogen-bond acceptors (Lipinski definition) is 2. The highest BCUT2D eigenvalue weighted by Gasteiger charge is 1.94. The number of rotatable bonds is 8. The second-order valence-electron chi connectivity index (χ2n) is 3.51. The number of carbonyl (C=O) groups is 2. The third-order valence-corrected chi connectivity index (χ3v) is 1.90. The molecular formula is C12H24O3. The van der Waals surface area contributed by atoms with Gasteiger partial charge in [0, 0.05) is 12.8 Å². The molecule has 0 aromatic heterocycles. The van der Waals surface area contributed by atoms with E-state index in [1.807, 2.05) is 6.92 Å². The van der Waals surface area contributed by atoms with E-state index >= 15 is 0 Å². The molecule has 1 N–H and O–H groups in total. The molecule has 0 heterocycles. The standard InChI is InChI=1S/C8H16O2.C4H8O/c1-2-3-4-5-6-7-8(9)10;1-2-3-4-5/h2-7H2,1H3,(H,9,10);4H,2-3H2,1H3. The van der Waals surface area contributed by atoms with Gasteiger partial charge >= 0.3 is 5.97 Å². The lowest BCUT2D eigenvalue weighted by Crippen LogP contribution is -1.93. The van der Waals surface area contributed by atoms with Crippen LogP contribution in [0.2, 0.25) is 0 Å². The van der Waals surface area contributed by atoms with E-state index < -0.39 is 5.97 Å². The van der Waals surface area contributed by atoms with Crippen LogP contribution in [0, 0.1) is 0 Å². The summed E-state index contributed by atoms with van der Waals surface area (Å²) < 4.78 is 0. The Morgan fingerprint density at radius 3 is 2.00 bits per heavy atom. The predicted molar refractivity (Wildman–Crippen MR) is 62.0 cm³/mol. The molecule has 0 saturated heterocycles. The van der Waals surface area contributed by atoms with Crippen molar-refractivity contribution in [2.45, 2.75) is 65.2 Å². The fraction of sp³-hybridized carbons (Fsp3) is 0.833. The van der Waals surface area contributed by atoms with Gasteiger partial charge < -0.3 is 9.90 Å². The van der Waals surface area contributed by atoms with E-state index in [2.05, 4.69) is 6.92 Å². The van der Waals surface area contributed by atoms with Crippen LogP contribution in [0.4, 0.5) is 0 Å². The summed E-state index contributed by atoms with van der Waals surface area (Å²) in [6.45, 7) is 4.13. The molecule has 90 valence electrons. The Morgan fingerprint density at radius 2 is 1.67 bits per heavy atom. The van der Waals surface area contributed by atoms with Crippen LogP contribution in [0.1, 0.15) is 65.2 Å². The minimum Gasteiger partial charge on any atom is -0.481 e. The molecule has 0 aliphatic carbocycles. The maximum atomic E-state index is 10.0. The molecule has 3 heteroatoms. The Bertz CT molecular complexity index is 144. The smallest absolute Gasteiger partial charge is 0.303 e. The first kappa shape index (κ1) is 16.6. The molecule has 0 aliphatic rings. The number of aliphatic carboxylic acids is 1. The number of carboxylic acids is 1. The summed E-state index contributed by atoms with van der Waals surface area (Å²) >= 11 is 0. The summed E-state index contributed by atoms with van der Waals surface area (Å²) in [4.78, 5) is 19.4. The highest BCUT2D eigenvalue weighted by atomic mass is 16.4.